The van der Waals surface area contributed by atoms with Crippen molar-refractivity contribution in [2.45, 2.75) is 42.0 Å². The molecule has 1 saturated carbocycles. The Morgan fingerprint density at radius 2 is 2.05 bits per heavy atom. The summed E-state index contributed by atoms with van der Waals surface area (Å²) in [6, 6.07) is 0.730. The van der Waals surface area contributed by atoms with Gasteiger partial charge in [-0.25, -0.2) is 12.8 Å². The summed E-state index contributed by atoms with van der Waals surface area (Å²) < 4.78 is 39.1. The minimum absolute atomic E-state index is 0.135. The molecule has 0 amide bonds. The van der Waals surface area contributed by atoms with Gasteiger partial charge in [-0.2, -0.15) is 4.31 Å². The van der Waals surface area contributed by atoms with Gasteiger partial charge in [0.25, 0.3) is 0 Å². The largest absolute Gasteiger partial charge is 0.260 e. The lowest BCUT2D eigenvalue weighted by Gasteiger charge is -2.33. The summed E-state index contributed by atoms with van der Waals surface area (Å²) in [5.41, 5.74) is 0. The van der Waals surface area contributed by atoms with Crippen molar-refractivity contribution in [2.24, 2.45) is 0 Å². The Balaban J connectivity index is 2.28. The summed E-state index contributed by atoms with van der Waals surface area (Å²) in [6.45, 7) is 0. The maximum atomic E-state index is 13.1. The van der Waals surface area contributed by atoms with Crippen molar-refractivity contribution in [2.75, 3.05) is 7.05 Å². The second-order valence-corrected chi connectivity index (χ2v) is 7.29. The van der Waals surface area contributed by atoms with E-state index in [1.54, 1.807) is 0 Å². The number of rotatable bonds is 3. The zero-order valence-electron chi connectivity index (χ0n) is 10.6. The molecule has 0 saturated heterocycles. The first-order valence-corrected chi connectivity index (χ1v) is 8.03. The van der Waals surface area contributed by atoms with Gasteiger partial charge in [-0.3, -0.25) is 4.98 Å². The van der Waals surface area contributed by atoms with Crippen molar-refractivity contribution in [3.63, 3.8) is 0 Å². The lowest BCUT2D eigenvalue weighted by atomic mass is 9.95. The van der Waals surface area contributed by atoms with E-state index in [9.17, 15) is 12.8 Å². The fraction of sp³-hybridized carbons (Fsp3) is 0.583. The normalized spacial score (nSPS) is 24.6. The SMILES string of the molecule is CN(C1CCCCC1Cl)S(=O)(=O)c1cncc(F)c1. The third-order valence-corrected chi connectivity index (χ3v) is 5.83. The molecule has 1 heterocycles. The maximum absolute atomic E-state index is 13.1. The third kappa shape index (κ3) is 3.07. The fourth-order valence-corrected chi connectivity index (χ4v) is 4.27. The van der Waals surface area contributed by atoms with E-state index in [0.29, 0.717) is 0 Å². The van der Waals surface area contributed by atoms with Gasteiger partial charge in [0.15, 0.2) is 0 Å². The monoisotopic (exact) mass is 306 g/mol. The molecule has 0 N–H and O–H groups in total. The molecule has 106 valence electrons. The molecule has 1 aromatic rings. The van der Waals surface area contributed by atoms with Crippen molar-refractivity contribution >= 4 is 21.6 Å². The van der Waals surface area contributed by atoms with Crippen LogP contribution in [0.25, 0.3) is 0 Å². The Morgan fingerprint density at radius 1 is 1.37 bits per heavy atom. The predicted octanol–water partition coefficient (Wildman–Crippen LogP) is 2.39. The molecule has 0 aromatic carbocycles. The molecule has 2 unspecified atom stereocenters. The molecule has 0 radical (unpaired) electrons. The molecule has 0 bridgehead atoms. The minimum Gasteiger partial charge on any atom is -0.260 e. The molecular weight excluding hydrogens is 291 g/mol. The number of hydrogen-bond donors (Lipinski definition) is 0. The number of hydrogen-bond acceptors (Lipinski definition) is 3. The van der Waals surface area contributed by atoms with E-state index in [2.05, 4.69) is 4.98 Å². The number of sulfonamides is 1. The van der Waals surface area contributed by atoms with Crippen LogP contribution >= 0.6 is 11.6 Å². The van der Waals surface area contributed by atoms with Crippen LogP contribution in [0, 0.1) is 5.82 Å². The second kappa shape index (κ2) is 5.73. The topological polar surface area (TPSA) is 50.3 Å². The van der Waals surface area contributed by atoms with E-state index in [1.165, 1.54) is 11.4 Å². The number of alkyl halides is 1. The predicted molar refractivity (Wildman–Crippen MR) is 71.0 cm³/mol. The molecule has 0 aliphatic heterocycles. The van der Waals surface area contributed by atoms with Crippen LogP contribution in [0.1, 0.15) is 25.7 Å². The van der Waals surface area contributed by atoms with Crippen LogP contribution in [-0.2, 0) is 10.0 Å². The van der Waals surface area contributed by atoms with E-state index in [1.807, 2.05) is 0 Å². The highest BCUT2D eigenvalue weighted by Gasteiger charge is 2.34. The lowest BCUT2D eigenvalue weighted by molar-refractivity contribution is 0.290. The second-order valence-electron chi connectivity index (χ2n) is 4.73. The highest BCUT2D eigenvalue weighted by Crippen LogP contribution is 2.29. The molecule has 7 heteroatoms. The first-order chi connectivity index (χ1) is 8.93. The number of aromatic nitrogens is 1. The van der Waals surface area contributed by atoms with Gasteiger partial charge in [0.05, 0.1) is 11.6 Å². The molecule has 0 spiro atoms. The zero-order valence-corrected chi connectivity index (χ0v) is 12.2. The van der Waals surface area contributed by atoms with Gasteiger partial charge >= 0.3 is 0 Å². The van der Waals surface area contributed by atoms with E-state index >= 15 is 0 Å². The van der Waals surface area contributed by atoms with Gasteiger partial charge in [0.1, 0.15) is 10.7 Å². The van der Waals surface area contributed by atoms with Crippen molar-refractivity contribution < 1.29 is 12.8 Å². The Bertz CT molecular complexity index is 552. The van der Waals surface area contributed by atoms with Gasteiger partial charge in [-0.15, -0.1) is 11.6 Å². The van der Waals surface area contributed by atoms with Crippen LogP contribution in [0.15, 0.2) is 23.4 Å². The van der Waals surface area contributed by atoms with Crippen molar-refractivity contribution in [3.05, 3.63) is 24.3 Å². The number of pyridine rings is 1. The average molecular weight is 307 g/mol. The minimum atomic E-state index is -3.75. The van der Waals surface area contributed by atoms with Crippen LogP contribution in [0.3, 0.4) is 0 Å². The van der Waals surface area contributed by atoms with Gasteiger partial charge in [-0.1, -0.05) is 12.8 Å². The summed E-state index contributed by atoms with van der Waals surface area (Å²) in [7, 11) is -2.26. The van der Waals surface area contributed by atoms with Gasteiger partial charge in [0.2, 0.25) is 10.0 Å². The molecule has 1 aliphatic rings. The van der Waals surface area contributed by atoms with E-state index in [4.69, 9.17) is 11.6 Å². The smallest absolute Gasteiger partial charge is 0.244 e. The molecule has 2 atom stereocenters. The fourth-order valence-electron chi connectivity index (χ4n) is 2.35. The van der Waals surface area contributed by atoms with Crippen LogP contribution in [0.5, 0.6) is 0 Å². The Hall–Kier alpha value is -0.720. The maximum Gasteiger partial charge on any atom is 0.244 e. The lowest BCUT2D eigenvalue weighted by Crippen LogP contribution is -2.44. The molecule has 2 rings (SSSR count). The first-order valence-electron chi connectivity index (χ1n) is 6.15. The summed E-state index contributed by atoms with van der Waals surface area (Å²) in [5, 5.41) is -0.199. The number of halogens is 2. The quantitative estimate of drug-likeness (QED) is 0.806. The summed E-state index contributed by atoms with van der Waals surface area (Å²) in [5.74, 6) is -0.666. The third-order valence-electron chi connectivity index (χ3n) is 3.47. The molecule has 1 aromatic heterocycles. The average Bonchev–Trinajstić information content (AvgIpc) is 2.38. The number of nitrogens with zero attached hydrogens (tertiary/aromatic N) is 2. The van der Waals surface area contributed by atoms with Gasteiger partial charge in [-0.05, 0) is 18.9 Å². The van der Waals surface area contributed by atoms with Crippen LogP contribution in [0.2, 0.25) is 0 Å². The van der Waals surface area contributed by atoms with Crippen LogP contribution in [-0.4, -0.2) is 36.2 Å². The summed E-state index contributed by atoms with van der Waals surface area (Å²) >= 11 is 6.21. The van der Waals surface area contributed by atoms with Crippen molar-refractivity contribution in [1.29, 1.82) is 0 Å². The standard InChI is InChI=1S/C12H16ClFN2O2S/c1-16(12-5-3-2-4-11(12)13)19(17,18)10-6-9(14)7-15-8-10/h6-8,11-12H,2-5H2,1H3. The molecule has 1 aliphatic carbocycles. The van der Waals surface area contributed by atoms with E-state index < -0.39 is 15.8 Å². The van der Waals surface area contributed by atoms with Gasteiger partial charge in [0, 0.05) is 19.3 Å². The molecule has 1 fully saturated rings. The zero-order chi connectivity index (χ0) is 14.0. The highest BCUT2D eigenvalue weighted by molar-refractivity contribution is 7.89. The van der Waals surface area contributed by atoms with Crippen LogP contribution in [0.4, 0.5) is 4.39 Å². The van der Waals surface area contributed by atoms with Crippen molar-refractivity contribution in [3.8, 4) is 0 Å². The Morgan fingerprint density at radius 3 is 2.68 bits per heavy atom. The summed E-state index contributed by atoms with van der Waals surface area (Å²) in [4.78, 5) is 3.45. The Kier molecular flexibility index (Phi) is 4.43. The van der Waals surface area contributed by atoms with E-state index in [0.717, 1.165) is 44.1 Å². The highest BCUT2D eigenvalue weighted by atomic mass is 35.5. The summed E-state index contributed by atoms with van der Waals surface area (Å²) in [6.07, 6.45) is 5.63. The van der Waals surface area contributed by atoms with E-state index in [-0.39, 0.29) is 16.3 Å². The molecular formula is C12H16ClFN2O2S. The van der Waals surface area contributed by atoms with Crippen LogP contribution < -0.4 is 0 Å². The molecule has 4 nitrogen and oxygen atoms in total. The first kappa shape index (κ1) is 14.7. The molecule has 19 heavy (non-hydrogen) atoms. The Labute approximate surface area is 117 Å². The van der Waals surface area contributed by atoms with Gasteiger partial charge < -0.3 is 0 Å². The van der Waals surface area contributed by atoms with Crippen molar-refractivity contribution in [1.82, 2.24) is 9.29 Å².